The third kappa shape index (κ3) is 98.6. The summed E-state index contributed by atoms with van der Waals surface area (Å²) in [6, 6.07) is 0. The number of carbonyl (C=O) groups excluding carboxylic acids is 3. The minimum Gasteiger partial charge on any atom is -0.463 e. The Hall–Kier alpha value is -5.87. The van der Waals surface area contributed by atoms with Crippen LogP contribution in [0.5, 0.6) is 0 Å². The molecule has 0 aliphatic carbocycles. The molecule has 0 aliphatic heterocycles. The van der Waals surface area contributed by atoms with Crippen LogP contribution < -0.4 is 0 Å². The smallest absolute Gasteiger partial charge is 0.463 e. The molecule has 0 aromatic carbocycles. The standard InChI is InChI=1S/C107H178O16P2/c1-4-7-10-13-16-19-22-25-28-31-34-37-40-43-46-48-50-52-55-57-60-63-66-69-72-75-78-81-84-87-90-93-105(110)117-96-102(108)97-119-124(113,114)120-98-103(109)99-121-125(115,116)122-101-104(123-107(112)95-92-89-86-83-80-77-74-71-68-65-62-59-54-45-42-39-36-33-30-27-24-21-18-15-12-9-6-3)100-118-106(111)94-91-88-85-82-79-76-73-70-67-64-61-58-56-53-51-49-47-44-41-38-35-32-29-26-23-20-17-14-11-8-5-2/h7-12,16-21,25-30,34-39,43-47,50-54,102-104,108-109H,4-6,13-15,22-24,31-33,40-42,48-49,55-101H2,1-3H3,(H,113,114)(H,115,116)/b10-7-,11-8-,12-9-,19-16-,20-17-,21-18-,28-25-,29-26-,30-27-,37-34-,38-35-,39-36-,46-43-,47-44-,52-50-,53-51-,54-45-. The lowest BCUT2D eigenvalue weighted by Crippen LogP contribution is -2.30. The van der Waals surface area contributed by atoms with Gasteiger partial charge in [0.05, 0.1) is 26.4 Å². The molecule has 0 amide bonds. The monoisotopic (exact) mass is 1780 g/mol. The molecule has 18 heteroatoms. The van der Waals surface area contributed by atoms with Crippen LogP contribution in [0.15, 0.2) is 207 Å². The lowest BCUT2D eigenvalue weighted by Gasteiger charge is -2.21. The van der Waals surface area contributed by atoms with Crippen LogP contribution in [0.2, 0.25) is 0 Å². The first-order chi connectivity index (χ1) is 61.2. The molecule has 0 aliphatic rings. The number of phosphoric acid groups is 2. The molecule has 0 aromatic rings. The highest BCUT2D eigenvalue weighted by atomic mass is 31.2. The number of rotatable bonds is 92. The quantitative estimate of drug-likeness (QED) is 0.0146. The molecule has 5 atom stereocenters. The molecular formula is C107H178O16P2. The largest absolute Gasteiger partial charge is 0.472 e. The lowest BCUT2D eigenvalue weighted by atomic mass is 10.0. The van der Waals surface area contributed by atoms with Crippen LogP contribution in [0.4, 0.5) is 0 Å². The Labute approximate surface area is 762 Å². The number of aliphatic hydroxyl groups is 2. The summed E-state index contributed by atoms with van der Waals surface area (Å²) in [5.74, 6) is -1.58. The highest BCUT2D eigenvalue weighted by Gasteiger charge is 2.30. The van der Waals surface area contributed by atoms with Gasteiger partial charge < -0.3 is 34.2 Å². The van der Waals surface area contributed by atoms with Crippen molar-refractivity contribution in [2.24, 2.45) is 0 Å². The van der Waals surface area contributed by atoms with Gasteiger partial charge in [0.1, 0.15) is 25.4 Å². The molecule has 0 rings (SSSR count). The Kier molecular flexibility index (Phi) is 92.6. The number of carbonyl (C=O) groups is 3. The van der Waals surface area contributed by atoms with E-state index in [2.05, 4.69) is 227 Å². The predicted octanol–water partition coefficient (Wildman–Crippen LogP) is 31.1. The van der Waals surface area contributed by atoms with Crippen molar-refractivity contribution >= 4 is 33.6 Å². The first-order valence-corrected chi connectivity index (χ1v) is 52.4. The first kappa shape index (κ1) is 119. The molecule has 0 saturated carbocycles. The Balaban J connectivity index is 4.66. The van der Waals surface area contributed by atoms with Crippen molar-refractivity contribution in [3.05, 3.63) is 207 Å². The molecule has 5 unspecified atom stereocenters. The normalized spacial score (nSPS) is 14.6. The van der Waals surface area contributed by atoms with E-state index < -0.39 is 91.5 Å². The van der Waals surface area contributed by atoms with E-state index in [-0.39, 0.29) is 19.3 Å². The van der Waals surface area contributed by atoms with Crippen molar-refractivity contribution < 1.29 is 75.8 Å². The lowest BCUT2D eigenvalue weighted by molar-refractivity contribution is -0.161. The van der Waals surface area contributed by atoms with Crippen molar-refractivity contribution in [2.75, 3.05) is 39.6 Å². The second-order valence-corrected chi connectivity index (χ2v) is 35.3. The Morgan fingerprint density at radius 2 is 0.400 bits per heavy atom. The van der Waals surface area contributed by atoms with Crippen molar-refractivity contribution in [1.29, 1.82) is 0 Å². The van der Waals surface area contributed by atoms with Gasteiger partial charge in [-0.05, 0) is 167 Å². The van der Waals surface area contributed by atoms with Gasteiger partial charge in [-0.15, -0.1) is 0 Å². The predicted molar refractivity (Wildman–Crippen MR) is 527 cm³/mol. The molecule has 0 radical (unpaired) electrons. The molecule has 0 saturated heterocycles. The van der Waals surface area contributed by atoms with Crippen molar-refractivity contribution in [2.45, 2.75) is 411 Å². The minimum absolute atomic E-state index is 0.0942. The SMILES string of the molecule is CC/C=C\C/C=C\C/C=C\C/C=C\C/C=C\C/C=C\CCCCCCCCCCCCCCC(=O)OCC(O)COP(=O)(O)OCC(O)COP(=O)(O)OCC(COC(=O)CCCCCCCCCCCCCC/C=C\C/C=C\C/C=C\C/C=C\C/C=C\C/C=C\CC)OC(=O)CCCCCCCCCCCCC/C=C\C/C=C\C/C=C\C/C=C\C/C=C\CC. The molecule has 0 spiro atoms. The molecule has 0 heterocycles. The molecule has 712 valence electrons. The summed E-state index contributed by atoms with van der Waals surface area (Å²) in [5.41, 5.74) is 0. The summed E-state index contributed by atoms with van der Waals surface area (Å²) in [6.07, 6.45) is 132. The van der Waals surface area contributed by atoms with Crippen LogP contribution >= 0.6 is 15.6 Å². The summed E-state index contributed by atoms with van der Waals surface area (Å²) < 4.78 is 61.7. The molecule has 16 nitrogen and oxygen atoms in total. The van der Waals surface area contributed by atoms with E-state index in [1.165, 1.54) is 135 Å². The molecule has 4 N–H and O–H groups in total. The zero-order valence-electron chi connectivity index (χ0n) is 78.7. The molecule has 125 heavy (non-hydrogen) atoms. The second kappa shape index (κ2) is 97.2. The average Bonchev–Trinajstić information content (AvgIpc) is 0.901. The minimum atomic E-state index is -4.95. The van der Waals surface area contributed by atoms with Gasteiger partial charge in [0, 0.05) is 19.3 Å². The van der Waals surface area contributed by atoms with Gasteiger partial charge >= 0.3 is 33.6 Å². The highest BCUT2D eigenvalue weighted by Crippen LogP contribution is 2.45. The van der Waals surface area contributed by atoms with E-state index in [0.29, 0.717) is 19.3 Å². The van der Waals surface area contributed by atoms with Gasteiger partial charge in [0.2, 0.25) is 0 Å². The summed E-state index contributed by atoms with van der Waals surface area (Å²) in [5, 5.41) is 20.8. The van der Waals surface area contributed by atoms with E-state index in [1.807, 2.05) is 0 Å². The Morgan fingerprint density at radius 3 is 0.632 bits per heavy atom. The molecule has 0 fully saturated rings. The van der Waals surface area contributed by atoms with E-state index in [4.69, 9.17) is 32.3 Å². The van der Waals surface area contributed by atoms with Crippen LogP contribution in [-0.4, -0.2) is 95.9 Å². The first-order valence-electron chi connectivity index (χ1n) is 49.4. The van der Waals surface area contributed by atoms with Crippen LogP contribution in [-0.2, 0) is 55.8 Å². The number of hydrogen-bond acceptors (Lipinski definition) is 14. The van der Waals surface area contributed by atoms with Gasteiger partial charge in [-0.2, -0.15) is 0 Å². The summed E-state index contributed by atoms with van der Waals surface area (Å²) >= 11 is 0. The highest BCUT2D eigenvalue weighted by molar-refractivity contribution is 7.47. The fourth-order valence-electron chi connectivity index (χ4n) is 13.1. The third-order valence-corrected chi connectivity index (χ3v) is 22.4. The van der Waals surface area contributed by atoms with Gasteiger partial charge in [0.15, 0.2) is 6.10 Å². The Bertz CT molecular complexity index is 3100. The van der Waals surface area contributed by atoms with E-state index in [9.17, 15) is 43.5 Å². The maximum absolute atomic E-state index is 13.1. The van der Waals surface area contributed by atoms with Crippen LogP contribution in [0.25, 0.3) is 0 Å². The van der Waals surface area contributed by atoms with Gasteiger partial charge in [-0.25, -0.2) is 9.13 Å². The molecule has 0 bridgehead atoms. The third-order valence-electron chi connectivity index (χ3n) is 20.5. The molecule has 0 aromatic heterocycles. The van der Waals surface area contributed by atoms with Crippen molar-refractivity contribution in [3.8, 4) is 0 Å². The number of phosphoric ester groups is 2. The fourth-order valence-corrected chi connectivity index (χ4v) is 14.7. The van der Waals surface area contributed by atoms with Crippen LogP contribution in [0.3, 0.4) is 0 Å². The van der Waals surface area contributed by atoms with Crippen LogP contribution in [0.1, 0.15) is 393 Å². The zero-order valence-corrected chi connectivity index (χ0v) is 80.5. The number of aliphatic hydroxyl groups excluding tert-OH is 2. The number of allylic oxidation sites excluding steroid dienone is 34. The van der Waals surface area contributed by atoms with Crippen LogP contribution in [0, 0.1) is 0 Å². The van der Waals surface area contributed by atoms with E-state index in [0.717, 1.165) is 199 Å². The maximum Gasteiger partial charge on any atom is 0.472 e. The van der Waals surface area contributed by atoms with E-state index >= 15 is 0 Å². The number of esters is 3. The van der Waals surface area contributed by atoms with E-state index in [1.54, 1.807) is 0 Å². The number of unbranched alkanes of at least 4 members (excludes halogenated alkanes) is 35. The summed E-state index contributed by atoms with van der Waals surface area (Å²) in [7, 11) is -9.83. The topological polar surface area (TPSA) is 231 Å². The Morgan fingerprint density at radius 1 is 0.224 bits per heavy atom. The van der Waals surface area contributed by atoms with Gasteiger partial charge in [-0.3, -0.25) is 32.5 Å². The molecular weight excluding hydrogens is 1600 g/mol. The zero-order chi connectivity index (χ0) is 90.7. The summed E-state index contributed by atoms with van der Waals surface area (Å²) in [6.45, 7) is 2.38. The number of ether oxygens (including phenoxy) is 3. The maximum atomic E-state index is 13.1. The fraction of sp³-hybridized carbons (Fsp3) is 0.654. The summed E-state index contributed by atoms with van der Waals surface area (Å²) in [4.78, 5) is 59.2. The van der Waals surface area contributed by atoms with Crippen molar-refractivity contribution in [1.82, 2.24) is 0 Å². The second-order valence-electron chi connectivity index (χ2n) is 32.4. The van der Waals surface area contributed by atoms with Gasteiger partial charge in [-0.1, -0.05) is 414 Å². The average molecular weight is 1780 g/mol. The van der Waals surface area contributed by atoms with Gasteiger partial charge in [0.25, 0.3) is 0 Å². The number of hydrogen-bond donors (Lipinski definition) is 4. The van der Waals surface area contributed by atoms with Crippen molar-refractivity contribution in [3.63, 3.8) is 0 Å².